The minimum Gasteiger partial charge on any atom is -0.350 e. The number of nitrogens with zero attached hydrogens (tertiary/aromatic N) is 1. The van der Waals surface area contributed by atoms with E-state index in [9.17, 15) is 9.59 Å². The van der Waals surface area contributed by atoms with Crippen LogP contribution in [0.5, 0.6) is 0 Å². The van der Waals surface area contributed by atoms with Crippen molar-refractivity contribution in [3.05, 3.63) is 0 Å². The zero-order chi connectivity index (χ0) is 15.1. The lowest BCUT2D eigenvalue weighted by molar-refractivity contribution is -0.129. The van der Waals surface area contributed by atoms with Crippen LogP contribution in [0.1, 0.15) is 46.5 Å². The van der Waals surface area contributed by atoms with Gasteiger partial charge in [-0.25, -0.2) is 0 Å². The van der Waals surface area contributed by atoms with Gasteiger partial charge in [-0.3, -0.25) is 9.59 Å². The van der Waals surface area contributed by atoms with Crippen molar-refractivity contribution in [2.24, 2.45) is 11.7 Å². The Kier molecular flexibility index (Phi) is 7.68. The van der Waals surface area contributed by atoms with Gasteiger partial charge in [-0.15, -0.1) is 0 Å². The molecule has 0 spiro atoms. The Morgan fingerprint density at radius 2 is 1.84 bits per heavy atom. The number of carbonyl (C=O) groups excluding carboxylic acids is 2. The fourth-order valence-corrected chi connectivity index (χ4v) is 2.11. The summed E-state index contributed by atoms with van der Waals surface area (Å²) in [6.45, 7) is 6.61. The van der Waals surface area contributed by atoms with Gasteiger partial charge in [-0.05, 0) is 25.7 Å². The van der Waals surface area contributed by atoms with E-state index in [1.165, 1.54) is 0 Å². The highest BCUT2D eigenvalue weighted by Gasteiger charge is 2.25. The van der Waals surface area contributed by atoms with E-state index in [0.29, 0.717) is 31.7 Å². The fourth-order valence-electron chi connectivity index (χ4n) is 2.11. The average molecular weight is 271 g/mol. The van der Waals surface area contributed by atoms with Crippen molar-refractivity contribution in [3.8, 4) is 0 Å². The predicted molar refractivity (Wildman–Crippen MR) is 77.6 cm³/mol. The van der Waals surface area contributed by atoms with Gasteiger partial charge in [0.1, 0.15) is 0 Å². The second-order valence-electron chi connectivity index (χ2n) is 6.05. The van der Waals surface area contributed by atoms with Gasteiger partial charge in [0.15, 0.2) is 0 Å². The minimum absolute atomic E-state index is 0.0276. The molecule has 2 amide bonds. The van der Waals surface area contributed by atoms with E-state index < -0.39 is 0 Å². The molecule has 0 aliphatic carbocycles. The molecule has 0 fully saturated rings. The van der Waals surface area contributed by atoms with E-state index >= 15 is 0 Å². The summed E-state index contributed by atoms with van der Waals surface area (Å²) in [7, 11) is 3.44. The van der Waals surface area contributed by atoms with Crippen LogP contribution in [0.3, 0.4) is 0 Å². The molecule has 0 rings (SSSR count). The van der Waals surface area contributed by atoms with Crippen LogP contribution in [0.25, 0.3) is 0 Å². The predicted octanol–water partition coefficient (Wildman–Crippen LogP) is 1.12. The van der Waals surface area contributed by atoms with Gasteiger partial charge in [0.2, 0.25) is 11.8 Å². The van der Waals surface area contributed by atoms with Crippen molar-refractivity contribution >= 4 is 11.8 Å². The molecule has 3 N–H and O–H groups in total. The molecule has 5 nitrogen and oxygen atoms in total. The monoisotopic (exact) mass is 271 g/mol. The normalized spacial score (nSPS) is 14.1. The van der Waals surface area contributed by atoms with Crippen molar-refractivity contribution in [1.82, 2.24) is 10.2 Å². The molecule has 0 heterocycles. The smallest absolute Gasteiger partial charge is 0.222 e. The third-order valence-electron chi connectivity index (χ3n) is 3.04. The third-order valence-corrected chi connectivity index (χ3v) is 3.04. The molecule has 0 bridgehead atoms. The van der Waals surface area contributed by atoms with Crippen molar-refractivity contribution in [2.45, 2.75) is 52.0 Å². The highest BCUT2D eigenvalue weighted by Crippen LogP contribution is 2.15. The molecular formula is C14H29N3O2. The Bertz CT molecular complexity index is 303. The molecule has 0 aliphatic rings. The maximum absolute atomic E-state index is 11.9. The molecule has 112 valence electrons. The Morgan fingerprint density at radius 3 is 2.26 bits per heavy atom. The molecule has 0 aromatic carbocycles. The molecule has 0 saturated heterocycles. The van der Waals surface area contributed by atoms with Crippen LogP contribution in [0, 0.1) is 5.92 Å². The Hall–Kier alpha value is -1.10. The van der Waals surface area contributed by atoms with Crippen molar-refractivity contribution in [1.29, 1.82) is 0 Å². The molecule has 0 aliphatic heterocycles. The lowest BCUT2D eigenvalue weighted by Gasteiger charge is -2.31. The summed E-state index contributed by atoms with van der Waals surface area (Å²) in [4.78, 5) is 24.8. The summed E-state index contributed by atoms with van der Waals surface area (Å²) in [6, 6.07) is 0. The van der Waals surface area contributed by atoms with Crippen LogP contribution in [-0.2, 0) is 9.59 Å². The summed E-state index contributed by atoms with van der Waals surface area (Å²) in [5.41, 5.74) is 5.39. The topological polar surface area (TPSA) is 75.4 Å². The average Bonchev–Trinajstić information content (AvgIpc) is 2.27. The number of nitrogens with two attached hydrogens (primary N) is 1. The van der Waals surface area contributed by atoms with Crippen molar-refractivity contribution < 1.29 is 9.59 Å². The van der Waals surface area contributed by atoms with Crippen LogP contribution in [0.2, 0.25) is 0 Å². The molecule has 0 radical (unpaired) electrons. The number of amides is 2. The van der Waals surface area contributed by atoms with Crippen LogP contribution >= 0.6 is 0 Å². The maximum Gasteiger partial charge on any atom is 0.222 e. The lowest BCUT2D eigenvalue weighted by Crippen LogP contribution is -2.52. The molecule has 5 heteroatoms. The first kappa shape index (κ1) is 17.9. The van der Waals surface area contributed by atoms with Gasteiger partial charge in [0.05, 0.1) is 0 Å². The first-order valence-corrected chi connectivity index (χ1v) is 6.91. The van der Waals surface area contributed by atoms with Crippen LogP contribution < -0.4 is 11.1 Å². The van der Waals surface area contributed by atoms with Gasteiger partial charge in [0, 0.05) is 39.0 Å². The summed E-state index contributed by atoms with van der Waals surface area (Å²) < 4.78 is 0. The quantitative estimate of drug-likeness (QED) is 0.695. The standard InChI is InChI=1S/C14H29N3O2/c1-11(2)9-14(3,10-15)16-12(18)7-6-8-13(19)17(4)5/h11H,6-10,15H2,1-5H3,(H,16,18). The first-order valence-electron chi connectivity index (χ1n) is 6.91. The molecule has 0 aromatic heterocycles. The zero-order valence-electron chi connectivity index (χ0n) is 13.0. The summed E-state index contributed by atoms with van der Waals surface area (Å²) >= 11 is 0. The number of hydrogen-bond donors (Lipinski definition) is 2. The molecule has 0 saturated carbocycles. The van der Waals surface area contributed by atoms with E-state index in [2.05, 4.69) is 19.2 Å². The molecule has 0 aromatic rings. The van der Waals surface area contributed by atoms with Gasteiger partial charge < -0.3 is 16.0 Å². The highest BCUT2D eigenvalue weighted by atomic mass is 16.2. The molecule has 1 atom stereocenters. The minimum atomic E-state index is -0.350. The second-order valence-corrected chi connectivity index (χ2v) is 6.05. The van der Waals surface area contributed by atoms with Gasteiger partial charge >= 0.3 is 0 Å². The summed E-state index contributed by atoms with van der Waals surface area (Å²) in [5, 5.41) is 2.99. The summed E-state index contributed by atoms with van der Waals surface area (Å²) in [5.74, 6) is 0.501. The van der Waals surface area contributed by atoms with E-state index in [4.69, 9.17) is 5.73 Å². The summed E-state index contributed by atoms with van der Waals surface area (Å²) in [6.07, 6.45) is 2.20. The molecule has 19 heavy (non-hydrogen) atoms. The Morgan fingerprint density at radius 1 is 1.26 bits per heavy atom. The van der Waals surface area contributed by atoms with Gasteiger partial charge in [-0.1, -0.05) is 13.8 Å². The largest absolute Gasteiger partial charge is 0.350 e. The van der Waals surface area contributed by atoms with E-state index in [-0.39, 0.29) is 17.4 Å². The lowest BCUT2D eigenvalue weighted by atomic mass is 9.90. The van der Waals surface area contributed by atoms with Crippen LogP contribution in [0.4, 0.5) is 0 Å². The zero-order valence-corrected chi connectivity index (χ0v) is 13.0. The Labute approximate surface area is 116 Å². The van der Waals surface area contributed by atoms with Crippen molar-refractivity contribution in [3.63, 3.8) is 0 Å². The second kappa shape index (κ2) is 8.15. The molecule has 1 unspecified atom stereocenters. The van der Waals surface area contributed by atoms with Crippen LogP contribution in [0.15, 0.2) is 0 Å². The number of hydrogen-bond acceptors (Lipinski definition) is 3. The highest BCUT2D eigenvalue weighted by molar-refractivity contribution is 5.79. The third kappa shape index (κ3) is 7.82. The van der Waals surface area contributed by atoms with E-state index in [1.54, 1.807) is 19.0 Å². The number of carbonyl (C=O) groups is 2. The van der Waals surface area contributed by atoms with E-state index in [0.717, 1.165) is 6.42 Å². The number of rotatable bonds is 8. The SMILES string of the molecule is CC(C)CC(C)(CN)NC(=O)CCCC(=O)N(C)C. The molecular weight excluding hydrogens is 242 g/mol. The maximum atomic E-state index is 11.9. The van der Waals surface area contributed by atoms with E-state index in [1.807, 2.05) is 6.92 Å². The van der Waals surface area contributed by atoms with Gasteiger partial charge in [0.25, 0.3) is 0 Å². The fraction of sp³-hybridized carbons (Fsp3) is 0.857. The van der Waals surface area contributed by atoms with Crippen molar-refractivity contribution in [2.75, 3.05) is 20.6 Å². The Balaban J connectivity index is 4.11. The first-order chi connectivity index (χ1) is 8.70. The van der Waals surface area contributed by atoms with Crippen LogP contribution in [-0.4, -0.2) is 42.9 Å². The van der Waals surface area contributed by atoms with Gasteiger partial charge in [-0.2, -0.15) is 0 Å². The number of nitrogens with one attached hydrogen (secondary N) is 1.